The maximum Gasteiger partial charge on any atom is 0.424 e. The second-order valence-corrected chi connectivity index (χ2v) is 5.57. The molecule has 0 fully saturated rings. The van der Waals surface area contributed by atoms with E-state index < -0.39 is 47.3 Å². The van der Waals surface area contributed by atoms with Crippen LogP contribution in [0.5, 0.6) is 5.75 Å². The van der Waals surface area contributed by atoms with Crippen molar-refractivity contribution in [2.75, 3.05) is 7.11 Å². The molecule has 1 N–H and O–H groups in total. The second-order valence-electron chi connectivity index (χ2n) is 5.57. The van der Waals surface area contributed by atoms with Crippen molar-refractivity contribution in [3.63, 3.8) is 0 Å². The first-order chi connectivity index (χ1) is 9.88. The topological polar surface area (TPSA) is 46.5 Å². The SMILES string of the molecule is COc1c(F)cc(F)cc1C(C)(C)CC(O)(C=O)C(F)(F)F. The Bertz CT molecular complexity index is 568. The molecular weight excluding hydrogens is 311 g/mol. The van der Waals surface area contributed by atoms with Gasteiger partial charge in [-0.15, -0.1) is 0 Å². The molecule has 8 heteroatoms. The monoisotopic (exact) mass is 326 g/mol. The summed E-state index contributed by atoms with van der Waals surface area (Å²) in [7, 11) is 1.07. The summed E-state index contributed by atoms with van der Waals surface area (Å²) in [6, 6.07) is 1.33. The van der Waals surface area contributed by atoms with Gasteiger partial charge < -0.3 is 9.84 Å². The fourth-order valence-electron chi connectivity index (χ4n) is 2.25. The smallest absolute Gasteiger partial charge is 0.424 e. The van der Waals surface area contributed by atoms with Crippen molar-refractivity contribution in [1.82, 2.24) is 0 Å². The van der Waals surface area contributed by atoms with E-state index in [4.69, 9.17) is 4.74 Å². The van der Waals surface area contributed by atoms with Crippen LogP contribution in [0.4, 0.5) is 22.0 Å². The molecule has 1 aromatic carbocycles. The van der Waals surface area contributed by atoms with Crippen LogP contribution in [0, 0.1) is 11.6 Å². The van der Waals surface area contributed by atoms with Gasteiger partial charge in [0, 0.05) is 18.1 Å². The number of hydrogen-bond acceptors (Lipinski definition) is 3. The Balaban J connectivity index is 3.39. The third-order valence-corrected chi connectivity index (χ3v) is 3.34. The minimum absolute atomic E-state index is 0.225. The summed E-state index contributed by atoms with van der Waals surface area (Å²) in [5.74, 6) is -2.54. The molecule has 124 valence electrons. The van der Waals surface area contributed by atoms with E-state index in [9.17, 15) is 31.9 Å². The molecule has 0 heterocycles. The van der Waals surface area contributed by atoms with Crippen LogP contribution in [0.15, 0.2) is 12.1 Å². The van der Waals surface area contributed by atoms with E-state index in [0.717, 1.165) is 13.2 Å². The average molecular weight is 326 g/mol. The first-order valence-corrected chi connectivity index (χ1v) is 6.17. The molecule has 0 radical (unpaired) electrons. The van der Waals surface area contributed by atoms with Gasteiger partial charge in [-0.25, -0.2) is 8.78 Å². The molecule has 0 aromatic heterocycles. The van der Waals surface area contributed by atoms with Gasteiger partial charge in [0.05, 0.1) is 7.11 Å². The second kappa shape index (κ2) is 5.83. The molecule has 0 saturated heterocycles. The molecular formula is C14H15F5O3. The normalized spacial score (nSPS) is 15.3. The number of carbonyl (C=O) groups is 1. The van der Waals surface area contributed by atoms with E-state index in [2.05, 4.69) is 0 Å². The lowest BCUT2D eigenvalue weighted by Crippen LogP contribution is -2.50. The molecule has 0 aliphatic rings. The Morgan fingerprint density at radius 2 is 1.77 bits per heavy atom. The van der Waals surface area contributed by atoms with E-state index in [-0.39, 0.29) is 5.56 Å². The van der Waals surface area contributed by atoms with Crippen molar-refractivity contribution in [1.29, 1.82) is 0 Å². The fourth-order valence-corrected chi connectivity index (χ4v) is 2.25. The van der Waals surface area contributed by atoms with Crippen LogP contribution in [0.25, 0.3) is 0 Å². The molecule has 0 aliphatic heterocycles. The Labute approximate surface area is 123 Å². The number of rotatable bonds is 5. The van der Waals surface area contributed by atoms with Gasteiger partial charge >= 0.3 is 6.18 Å². The van der Waals surface area contributed by atoms with Crippen LogP contribution in [-0.4, -0.2) is 30.3 Å². The lowest BCUT2D eigenvalue weighted by molar-refractivity contribution is -0.250. The van der Waals surface area contributed by atoms with E-state index in [0.29, 0.717) is 6.07 Å². The maximum atomic E-state index is 13.7. The number of aliphatic hydroxyl groups is 1. The minimum atomic E-state index is -5.22. The standard InChI is InChI=1S/C14H15F5O3/c1-12(2,6-13(21,7-20)14(17,18)19)9-4-8(15)5-10(16)11(9)22-3/h4-5,7,21H,6H2,1-3H3. The summed E-state index contributed by atoms with van der Waals surface area (Å²) in [5, 5.41) is 9.53. The van der Waals surface area contributed by atoms with Gasteiger partial charge in [0.15, 0.2) is 17.9 Å². The fraction of sp³-hybridized carbons (Fsp3) is 0.500. The molecule has 0 amide bonds. The van der Waals surface area contributed by atoms with Crippen LogP contribution >= 0.6 is 0 Å². The Hall–Kier alpha value is -1.70. The van der Waals surface area contributed by atoms with Gasteiger partial charge in [-0.05, 0) is 11.5 Å². The lowest BCUT2D eigenvalue weighted by atomic mass is 9.75. The van der Waals surface area contributed by atoms with Crippen molar-refractivity contribution in [2.45, 2.75) is 37.5 Å². The molecule has 1 rings (SSSR count). The Kier molecular flexibility index (Phi) is 4.86. The summed E-state index contributed by atoms with van der Waals surface area (Å²) in [6.07, 6.45) is -6.96. The predicted octanol–water partition coefficient (Wildman–Crippen LogP) is 3.13. The van der Waals surface area contributed by atoms with Gasteiger partial charge in [0.1, 0.15) is 5.82 Å². The van der Waals surface area contributed by atoms with Gasteiger partial charge in [-0.2, -0.15) is 13.2 Å². The minimum Gasteiger partial charge on any atom is -0.493 e. The summed E-state index contributed by atoms with van der Waals surface area (Å²) >= 11 is 0. The number of benzene rings is 1. The van der Waals surface area contributed by atoms with E-state index in [1.807, 2.05) is 0 Å². The molecule has 1 unspecified atom stereocenters. The molecule has 3 nitrogen and oxygen atoms in total. The predicted molar refractivity (Wildman–Crippen MR) is 67.6 cm³/mol. The maximum absolute atomic E-state index is 13.7. The van der Waals surface area contributed by atoms with E-state index in [1.54, 1.807) is 0 Å². The van der Waals surface area contributed by atoms with Crippen molar-refractivity contribution in [3.8, 4) is 5.75 Å². The Morgan fingerprint density at radius 1 is 1.23 bits per heavy atom. The highest BCUT2D eigenvalue weighted by molar-refractivity contribution is 5.64. The summed E-state index contributed by atoms with van der Waals surface area (Å²) in [5.41, 5.74) is -5.46. The Morgan fingerprint density at radius 3 is 2.18 bits per heavy atom. The van der Waals surface area contributed by atoms with Crippen molar-refractivity contribution < 1.29 is 36.6 Å². The van der Waals surface area contributed by atoms with Crippen molar-refractivity contribution in [2.24, 2.45) is 0 Å². The van der Waals surface area contributed by atoms with E-state index in [1.165, 1.54) is 13.8 Å². The van der Waals surface area contributed by atoms with Gasteiger partial charge in [-0.3, -0.25) is 4.79 Å². The number of methoxy groups -OCH3 is 1. The van der Waals surface area contributed by atoms with Crippen LogP contribution in [-0.2, 0) is 10.2 Å². The van der Waals surface area contributed by atoms with Crippen LogP contribution in [0.3, 0.4) is 0 Å². The van der Waals surface area contributed by atoms with Crippen molar-refractivity contribution in [3.05, 3.63) is 29.3 Å². The zero-order chi connectivity index (χ0) is 17.3. The third-order valence-electron chi connectivity index (χ3n) is 3.34. The molecule has 1 atom stereocenters. The van der Waals surface area contributed by atoms with Crippen LogP contribution < -0.4 is 4.74 Å². The highest BCUT2D eigenvalue weighted by Gasteiger charge is 2.56. The average Bonchev–Trinajstić information content (AvgIpc) is 2.36. The molecule has 22 heavy (non-hydrogen) atoms. The number of ether oxygens (including phenoxy) is 1. The van der Waals surface area contributed by atoms with Gasteiger partial charge in [0.25, 0.3) is 0 Å². The van der Waals surface area contributed by atoms with Gasteiger partial charge in [0.2, 0.25) is 5.60 Å². The number of halogens is 5. The number of hydrogen-bond donors (Lipinski definition) is 1. The molecule has 0 saturated carbocycles. The van der Waals surface area contributed by atoms with Gasteiger partial charge in [-0.1, -0.05) is 13.8 Å². The third kappa shape index (κ3) is 3.37. The zero-order valence-electron chi connectivity index (χ0n) is 12.1. The van der Waals surface area contributed by atoms with Crippen molar-refractivity contribution >= 4 is 6.29 Å². The largest absolute Gasteiger partial charge is 0.493 e. The lowest BCUT2D eigenvalue weighted by Gasteiger charge is -2.35. The molecule has 0 aliphatic carbocycles. The summed E-state index contributed by atoms with van der Waals surface area (Å²) in [6.45, 7) is 2.42. The summed E-state index contributed by atoms with van der Waals surface area (Å²) < 4.78 is 70.3. The number of carbonyl (C=O) groups excluding carboxylic acids is 1. The van der Waals surface area contributed by atoms with Crippen LogP contribution in [0.2, 0.25) is 0 Å². The zero-order valence-corrected chi connectivity index (χ0v) is 12.1. The number of aldehydes is 1. The molecule has 0 spiro atoms. The highest BCUT2D eigenvalue weighted by atomic mass is 19.4. The van der Waals surface area contributed by atoms with E-state index >= 15 is 0 Å². The first-order valence-electron chi connectivity index (χ1n) is 6.17. The highest BCUT2D eigenvalue weighted by Crippen LogP contribution is 2.43. The molecule has 0 bridgehead atoms. The first kappa shape index (κ1) is 18.3. The summed E-state index contributed by atoms with van der Waals surface area (Å²) in [4.78, 5) is 10.7. The quantitative estimate of drug-likeness (QED) is 0.668. The number of alkyl halides is 3. The molecule has 1 aromatic rings. The van der Waals surface area contributed by atoms with Crippen LogP contribution in [0.1, 0.15) is 25.8 Å².